The Morgan fingerprint density at radius 2 is 1.92 bits per heavy atom. The minimum atomic E-state index is -0.178. The summed E-state index contributed by atoms with van der Waals surface area (Å²) in [6.07, 6.45) is 5.00. The summed E-state index contributed by atoms with van der Waals surface area (Å²) < 4.78 is 0. The molecule has 1 heterocycles. The Kier molecular flexibility index (Phi) is 4.07. The molecule has 1 aliphatic carbocycles. The number of rotatable bonds is 4. The lowest BCUT2D eigenvalue weighted by molar-refractivity contribution is 0.0994. The van der Waals surface area contributed by atoms with E-state index in [2.05, 4.69) is 22.1 Å². The molecule has 3 nitrogen and oxygen atoms in total. The van der Waals surface area contributed by atoms with Crippen molar-refractivity contribution >= 4 is 28.4 Å². The first kappa shape index (κ1) is 15.3. The zero-order valence-electron chi connectivity index (χ0n) is 13.5. The van der Waals surface area contributed by atoms with Gasteiger partial charge in [-0.1, -0.05) is 42.1 Å². The molecule has 4 rings (SSSR count). The second kappa shape index (κ2) is 6.36. The highest BCUT2D eigenvalue weighted by molar-refractivity contribution is 8.00. The van der Waals surface area contributed by atoms with Crippen LogP contribution in [0, 0.1) is 0 Å². The number of aromatic nitrogens is 2. The molecular formula is C20H18N2OS. The van der Waals surface area contributed by atoms with Gasteiger partial charge in [-0.3, -0.25) is 4.79 Å². The third kappa shape index (κ3) is 2.82. The Hall–Kier alpha value is -2.20. The van der Waals surface area contributed by atoms with Crippen LogP contribution in [0.25, 0.3) is 10.9 Å². The molecule has 0 N–H and O–H groups in total. The van der Waals surface area contributed by atoms with Crippen LogP contribution in [-0.2, 0) is 12.8 Å². The van der Waals surface area contributed by atoms with Gasteiger partial charge in [0.05, 0.1) is 10.8 Å². The predicted molar refractivity (Wildman–Crippen MR) is 97.7 cm³/mol. The number of nitrogens with zero attached hydrogens (tertiary/aromatic N) is 2. The Morgan fingerprint density at radius 3 is 2.83 bits per heavy atom. The Labute approximate surface area is 145 Å². The van der Waals surface area contributed by atoms with Gasteiger partial charge in [-0.15, -0.1) is 0 Å². The number of aryl methyl sites for hydroxylation is 2. The number of hydrogen-bond acceptors (Lipinski definition) is 4. The molecule has 120 valence electrons. The minimum Gasteiger partial charge on any atom is -0.293 e. The monoisotopic (exact) mass is 334 g/mol. The van der Waals surface area contributed by atoms with Crippen LogP contribution in [0.2, 0.25) is 0 Å². The summed E-state index contributed by atoms with van der Waals surface area (Å²) in [4.78, 5) is 21.5. The van der Waals surface area contributed by atoms with Gasteiger partial charge in [0.2, 0.25) is 0 Å². The second-order valence-corrected chi connectivity index (χ2v) is 7.49. The molecule has 1 aliphatic rings. The van der Waals surface area contributed by atoms with Crippen molar-refractivity contribution in [3.8, 4) is 0 Å². The Bertz CT molecular complexity index is 917. The van der Waals surface area contributed by atoms with Crippen molar-refractivity contribution in [3.05, 3.63) is 65.5 Å². The van der Waals surface area contributed by atoms with Gasteiger partial charge in [0, 0.05) is 10.9 Å². The van der Waals surface area contributed by atoms with E-state index in [-0.39, 0.29) is 11.0 Å². The van der Waals surface area contributed by atoms with Crippen LogP contribution in [0.3, 0.4) is 0 Å². The van der Waals surface area contributed by atoms with Crippen LogP contribution in [0.15, 0.2) is 53.8 Å². The summed E-state index contributed by atoms with van der Waals surface area (Å²) in [7, 11) is 0. The maximum Gasteiger partial charge on any atom is 0.175 e. The highest BCUT2D eigenvalue weighted by Crippen LogP contribution is 2.30. The molecule has 0 saturated carbocycles. The smallest absolute Gasteiger partial charge is 0.175 e. The summed E-state index contributed by atoms with van der Waals surface area (Å²) in [5, 5.41) is 1.68. The normalized spacial score (nSPS) is 14.5. The van der Waals surface area contributed by atoms with E-state index in [4.69, 9.17) is 0 Å². The van der Waals surface area contributed by atoms with Gasteiger partial charge in [0.25, 0.3) is 0 Å². The zero-order valence-corrected chi connectivity index (χ0v) is 14.3. The molecule has 3 aromatic rings. The quantitative estimate of drug-likeness (QED) is 0.401. The van der Waals surface area contributed by atoms with Gasteiger partial charge < -0.3 is 0 Å². The number of carbonyl (C=O) groups is 1. The predicted octanol–water partition coefficient (Wildman–Crippen LogP) is 4.48. The lowest BCUT2D eigenvalue weighted by Crippen LogP contribution is -2.14. The van der Waals surface area contributed by atoms with E-state index < -0.39 is 0 Å². The highest BCUT2D eigenvalue weighted by Gasteiger charge is 2.20. The van der Waals surface area contributed by atoms with Crippen LogP contribution in [-0.4, -0.2) is 21.0 Å². The molecule has 0 bridgehead atoms. The van der Waals surface area contributed by atoms with E-state index in [9.17, 15) is 4.79 Å². The van der Waals surface area contributed by atoms with Crippen molar-refractivity contribution in [2.75, 3.05) is 0 Å². The molecular weight excluding hydrogens is 316 g/mol. The van der Waals surface area contributed by atoms with Crippen LogP contribution < -0.4 is 0 Å². The summed E-state index contributed by atoms with van der Waals surface area (Å²) in [6.45, 7) is 1.96. The molecule has 0 saturated heterocycles. The third-order valence-corrected chi connectivity index (χ3v) is 5.66. The van der Waals surface area contributed by atoms with Gasteiger partial charge in [0.1, 0.15) is 11.4 Å². The van der Waals surface area contributed by atoms with Crippen molar-refractivity contribution in [1.29, 1.82) is 0 Å². The molecule has 0 aliphatic heterocycles. The standard InChI is InChI=1S/C20H18N2OS/c1-13(19(23)16-10-9-14-5-4-6-15(14)11-16)24-20-17-7-2-3-8-18(17)21-12-22-20/h2-3,7-13H,4-6H2,1H3. The molecule has 0 amide bonds. The Balaban J connectivity index is 1.59. The third-order valence-electron chi connectivity index (χ3n) is 4.55. The van der Waals surface area contributed by atoms with Gasteiger partial charge in [-0.05, 0) is 49.4 Å². The SMILES string of the molecule is CC(Sc1ncnc2ccccc12)C(=O)c1ccc2c(c1)CCC2. The van der Waals surface area contributed by atoms with Crippen LogP contribution in [0.1, 0.15) is 34.8 Å². The van der Waals surface area contributed by atoms with Crippen molar-refractivity contribution in [2.24, 2.45) is 0 Å². The van der Waals surface area contributed by atoms with Crippen molar-refractivity contribution in [1.82, 2.24) is 9.97 Å². The summed E-state index contributed by atoms with van der Waals surface area (Å²) >= 11 is 1.51. The molecule has 0 spiro atoms. The molecule has 4 heteroatoms. The average Bonchev–Trinajstić information content (AvgIpc) is 3.09. The van der Waals surface area contributed by atoms with Crippen LogP contribution in [0.5, 0.6) is 0 Å². The topological polar surface area (TPSA) is 42.9 Å². The van der Waals surface area contributed by atoms with Crippen molar-refractivity contribution < 1.29 is 4.79 Å². The van der Waals surface area contributed by atoms with E-state index in [0.29, 0.717) is 0 Å². The maximum atomic E-state index is 12.8. The number of hydrogen-bond donors (Lipinski definition) is 0. The number of thioether (sulfide) groups is 1. The number of Topliss-reactive ketones (excluding diaryl/α,β-unsaturated/α-hetero) is 1. The summed E-state index contributed by atoms with van der Waals surface area (Å²) in [5.41, 5.74) is 4.46. The van der Waals surface area contributed by atoms with E-state index >= 15 is 0 Å². The van der Waals surface area contributed by atoms with E-state index in [1.807, 2.05) is 37.3 Å². The first-order valence-electron chi connectivity index (χ1n) is 8.25. The summed E-state index contributed by atoms with van der Waals surface area (Å²) in [6, 6.07) is 14.1. The molecule has 1 unspecified atom stereocenters. The second-order valence-electron chi connectivity index (χ2n) is 6.16. The highest BCUT2D eigenvalue weighted by atomic mass is 32.2. The largest absolute Gasteiger partial charge is 0.293 e. The van der Waals surface area contributed by atoms with E-state index in [1.165, 1.54) is 29.3 Å². The lowest BCUT2D eigenvalue weighted by Gasteiger charge is -2.12. The zero-order chi connectivity index (χ0) is 16.5. The van der Waals surface area contributed by atoms with Gasteiger partial charge >= 0.3 is 0 Å². The number of para-hydroxylation sites is 1. The average molecular weight is 334 g/mol. The number of carbonyl (C=O) groups excluding carboxylic acids is 1. The maximum absolute atomic E-state index is 12.8. The Morgan fingerprint density at radius 1 is 1.08 bits per heavy atom. The fourth-order valence-electron chi connectivity index (χ4n) is 3.25. The first-order chi connectivity index (χ1) is 11.7. The molecule has 24 heavy (non-hydrogen) atoms. The van der Waals surface area contributed by atoms with Gasteiger partial charge in [0.15, 0.2) is 5.78 Å². The van der Waals surface area contributed by atoms with Crippen LogP contribution in [0.4, 0.5) is 0 Å². The number of ketones is 1. The van der Waals surface area contributed by atoms with Crippen molar-refractivity contribution in [3.63, 3.8) is 0 Å². The first-order valence-corrected chi connectivity index (χ1v) is 9.13. The molecule has 0 fully saturated rings. The van der Waals surface area contributed by atoms with Gasteiger partial charge in [-0.2, -0.15) is 0 Å². The number of fused-ring (bicyclic) bond motifs is 2. The van der Waals surface area contributed by atoms with Gasteiger partial charge in [-0.25, -0.2) is 9.97 Å². The molecule has 2 aromatic carbocycles. The van der Waals surface area contributed by atoms with E-state index in [1.54, 1.807) is 6.33 Å². The molecule has 0 radical (unpaired) electrons. The lowest BCUT2D eigenvalue weighted by atomic mass is 10.0. The molecule has 1 aromatic heterocycles. The fourth-order valence-corrected chi connectivity index (χ4v) is 4.24. The molecule has 1 atom stereocenters. The summed E-state index contributed by atoms with van der Waals surface area (Å²) in [5.74, 6) is 0.164. The number of benzene rings is 2. The van der Waals surface area contributed by atoms with Crippen LogP contribution >= 0.6 is 11.8 Å². The fraction of sp³-hybridized carbons (Fsp3) is 0.250. The minimum absolute atomic E-state index is 0.164. The van der Waals surface area contributed by atoms with E-state index in [0.717, 1.165) is 34.3 Å². The van der Waals surface area contributed by atoms with Crippen molar-refractivity contribution in [2.45, 2.75) is 36.5 Å².